The molecule has 1 aliphatic rings. The standard InChI is InChI=1S/C17H19BrN2OS/c1-12-5-2-3-6-15(12)16-7-4-8-20(16)17(21)19-10-14-9-13(18)11-22-14/h2-3,5-6,9,11,16H,4,7-8,10H2,1H3,(H,19,21). The molecule has 1 saturated heterocycles. The van der Waals surface area contributed by atoms with Crippen LogP contribution >= 0.6 is 27.3 Å². The second-order valence-corrected chi connectivity index (χ2v) is 7.51. The van der Waals surface area contributed by atoms with Crippen molar-refractivity contribution in [1.29, 1.82) is 0 Å². The molecule has 22 heavy (non-hydrogen) atoms. The minimum atomic E-state index is 0.0373. The van der Waals surface area contributed by atoms with Gasteiger partial charge < -0.3 is 10.2 Å². The fraction of sp³-hybridized carbons (Fsp3) is 0.353. The SMILES string of the molecule is Cc1ccccc1C1CCCN1C(=O)NCc1cc(Br)cs1. The zero-order valence-corrected chi connectivity index (χ0v) is 14.9. The van der Waals surface area contributed by atoms with Crippen LogP contribution in [-0.2, 0) is 6.54 Å². The van der Waals surface area contributed by atoms with E-state index in [0.717, 1.165) is 28.7 Å². The highest BCUT2D eigenvalue weighted by atomic mass is 79.9. The predicted octanol–water partition coefficient (Wildman–Crippen LogP) is 4.87. The molecular formula is C17H19BrN2OS. The summed E-state index contributed by atoms with van der Waals surface area (Å²) in [6.45, 7) is 3.54. The van der Waals surface area contributed by atoms with E-state index in [9.17, 15) is 4.79 Å². The van der Waals surface area contributed by atoms with Gasteiger partial charge in [-0.15, -0.1) is 11.3 Å². The number of carbonyl (C=O) groups excluding carboxylic acids is 1. The van der Waals surface area contributed by atoms with E-state index in [-0.39, 0.29) is 12.1 Å². The van der Waals surface area contributed by atoms with Crippen molar-refractivity contribution in [3.05, 3.63) is 56.2 Å². The zero-order valence-electron chi connectivity index (χ0n) is 12.5. The van der Waals surface area contributed by atoms with E-state index in [1.807, 2.05) is 22.4 Å². The molecule has 0 aliphatic carbocycles. The summed E-state index contributed by atoms with van der Waals surface area (Å²) in [4.78, 5) is 15.7. The number of hydrogen-bond donors (Lipinski definition) is 1. The summed E-state index contributed by atoms with van der Waals surface area (Å²) in [5.41, 5.74) is 2.53. The third kappa shape index (κ3) is 3.36. The van der Waals surface area contributed by atoms with Crippen molar-refractivity contribution >= 4 is 33.3 Å². The molecule has 1 aromatic carbocycles. The summed E-state index contributed by atoms with van der Waals surface area (Å²) < 4.78 is 1.07. The molecule has 116 valence electrons. The maximum absolute atomic E-state index is 12.5. The van der Waals surface area contributed by atoms with Crippen molar-refractivity contribution in [3.8, 4) is 0 Å². The normalized spacial score (nSPS) is 17.7. The fourth-order valence-electron chi connectivity index (χ4n) is 3.00. The Morgan fingerprint density at radius 1 is 1.45 bits per heavy atom. The van der Waals surface area contributed by atoms with Crippen LogP contribution in [0, 0.1) is 6.92 Å². The van der Waals surface area contributed by atoms with E-state index in [1.165, 1.54) is 11.1 Å². The number of benzene rings is 1. The fourth-order valence-corrected chi connectivity index (χ4v) is 4.40. The number of aryl methyl sites for hydroxylation is 1. The average molecular weight is 379 g/mol. The predicted molar refractivity (Wildman–Crippen MR) is 94.1 cm³/mol. The van der Waals surface area contributed by atoms with E-state index in [0.29, 0.717) is 6.54 Å². The molecule has 1 aromatic heterocycles. The summed E-state index contributed by atoms with van der Waals surface area (Å²) >= 11 is 5.09. The molecule has 0 saturated carbocycles. The van der Waals surface area contributed by atoms with Crippen LogP contribution in [0.5, 0.6) is 0 Å². The van der Waals surface area contributed by atoms with Gasteiger partial charge in [-0.1, -0.05) is 24.3 Å². The topological polar surface area (TPSA) is 32.3 Å². The summed E-state index contributed by atoms with van der Waals surface area (Å²) in [5.74, 6) is 0. The quantitative estimate of drug-likeness (QED) is 0.811. The Morgan fingerprint density at radius 3 is 3.00 bits per heavy atom. The Morgan fingerprint density at radius 2 is 2.27 bits per heavy atom. The average Bonchev–Trinajstić information content (AvgIpc) is 3.14. The maximum Gasteiger partial charge on any atom is 0.318 e. The molecule has 1 fully saturated rings. The smallest absolute Gasteiger partial charge is 0.318 e. The first-order valence-corrected chi connectivity index (χ1v) is 9.15. The van der Waals surface area contributed by atoms with Gasteiger partial charge in [0.1, 0.15) is 0 Å². The first-order chi connectivity index (χ1) is 10.6. The molecule has 5 heteroatoms. The Kier molecular flexibility index (Phi) is 4.84. The molecular weight excluding hydrogens is 360 g/mol. The Hall–Kier alpha value is -1.33. The summed E-state index contributed by atoms with van der Waals surface area (Å²) in [6, 6.07) is 10.7. The number of halogens is 1. The lowest BCUT2D eigenvalue weighted by Crippen LogP contribution is -2.39. The van der Waals surface area contributed by atoms with E-state index < -0.39 is 0 Å². The second-order valence-electron chi connectivity index (χ2n) is 5.60. The van der Waals surface area contributed by atoms with Gasteiger partial charge in [-0.2, -0.15) is 0 Å². The minimum Gasteiger partial charge on any atom is -0.333 e. The number of nitrogens with one attached hydrogen (secondary N) is 1. The molecule has 1 unspecified atom stereocenters. The van der Waals surface area contributed by atoms with Crippen LogP contribution in [0.15, 0.2) is 40.2 Å². The molecule has 2 aromatic rings. The highest BCUT2D eigenvalue weighted by molar-refractivity contribution is 9.10. The van der Waals surface area contributed by atoms with Gasteiger partial charge in [-0.25, -0.2) is 4.79 Å². The van der Waals surface area contributed by atoms with Crippen molar-refractivity contribution < 1.29 is 4.79 Å². The number of thiophene rings is 1. The van der Waals surface area contributed by atoms with Crippen LogP contribution in [-0.4, -0.2) is 17.5 Å². The Labute approximate surface area is 143 Å². The number of urea groups is 1. The lowest BCUT2D eigenvalue weighted by Gasteiger charge is -2.26. The van der Waals surface area contributed by atoms with Crippen molar-refractivity contribution in [2.24, 2.45) is 0 Å². The highest BCUT2D eigenvalue weighted by Gasteiger charge is 2.30. The number of hydrogen-bond acceptors (Lipinski definition) is 2. The van der Waals surface area contributed by atoms with Gasteiger partial charge in [0.15, 0.2) is 0 Å². The molecule has 1 atom stereocenters. The van der Waals surface area contributed by atoms with Crippen LogP contribution in [0.4, 0.5) is 4.79 Å². The number of rotatable bonds is 3. The van der Waals surface area contributed by atoms with Crippen molar-refractivity contribution in [1.82, 2.24) is 10.2 Å². The highest BCUT2D eigenvalue weighted by Crippen LogP contribution is 2.33. The van der Waals surface area contributed by atoms with Gasteiger partial charge >= 0.3 is 6.03 Å². The molecule has 2 amide bonds. The molecule has 0 bridgehead atoms. The lowest BCUT2D eigenvalue weighted by molar-refractivity contribution is 0.192. The van der Waals surface area contributed by atoms with Crippen molar-refractivity contribution in [3.63, 3.8) is 0 Å². The van der Waals surface area contributed by atoms with Gasteiger partial charge in [-0.3, -0.25) is 0 Å². The molecule has 2 heterocycles. The molecule has 0 spiro atoms. The van der Waals surface area contributed by atoms with Crippen LogP contribution < -0.4 is 5.32 Å². The Bertz CT molecular complexity index is 670. The van der Waals surface area contributed by atoms with Crippen LogP contribution in [0.3, 0.4) is 0 Å². The Balaban J connectivity index is 1.67. The molecule has 0 radical (unpaired) electrons. The van der Waals surface area contributed by atoms with Crippen LogP contribution in [0.2, 0.25) is 0 Å². The molecule has 1 N–H and O–H groups in total. The number of amides is 2. The zero-order chi connectivity index (χ0) is 15.5. The van der Waals surface area contributed by atoms with Crippen molar-refractivity contribution in [2.75, 3.05) is 6.54 Å². The van der Waals surface area contributed by atoms with E-state index in [1.54, 1.807) is 11.3 Å². The van der Waals surface area contributed by atoms with Gasteiger partial charge in [0.25, 0.3) is 0 Å². The second kappa shape index (κ2) is 6.84. The van der Waals surface area contributed by atoms with E-state index in [4.69, 9.17) is 0 Å². The van der Waals surface area contributed by atoms with E-state index in [2.05, 4.69) is 46.4 Å². The van der Waals surface area contributed by atoms with Gasteiger partial charge in [0, 0.05) is 21.3 Å². The van der Waals surface area contributed by atoms with Crippen LogP contribution in [0.1, 0.15) is 34.9 Å². The first-order valence-electron chi connectivity index (χ1n) is 7.48. The van der Waals surface area contributed by atoms with Gasteiger partial charge in [0.2, 0.25) is 0 Å². The third-order valence-corrected chi connectivity index (χ3v) is 5.79. The minimum absolute atomic E-state index is 0.0373. The number of carbonyl (C=O) groups is 1. The van der Waals surface area contributed by atoms with Gasteiger partial charge in [0.05, 0.1) is 12.6 Å². The summed E-state index contributed by atoms with van der Waals surface area (Å²) in [7, 11) is 0. The van der Waals surface area contributed by atoms with Crippen LogP contribution in [0.25, 0.3) is 0 Å². The first kappa shape index (κ1) is 15.6. The number of nitrogens with zero attached hydrogens (tertiary/aromatic N) is 1. The maximum atomic E-state index is 12.5. The third-order valence-electron chi connectivity index (χ3n) is 4.10. The van der Waals surface area contributed by atoms with E-state index >= 15 is 0 Å². The summed E-state index contributed by atoms with van der Waals surface area (Å²) in [6.07, 6.45) is 2.11. The monoisotopic (exact) mass is 378 g/mol. The number of likely N-dealkylation sites (tertiary alicyclic amines) is 1. The van der Waals surface area contributed by atoms with Crippen molar-refractivity contribution in [2.45, 2.75) is 32.4 Å². The van der Waals surface area contributed by atoms with Gasteiger partial charge in [-0.05, 0) is 52.9 Å². The lowest BCUT2D eigenvalue weighted by atomic mass is 9.99. The molecule has 3 rings (SSSR count). The molecule has 1 aliphatic heterocycles. The summed E-state index contributed by atoms with van der Waals surface area (Å²) in [5, 5.41) is 5.09. The largest absolute Gasteiger partial charge is 0.333 e. The molecule has 3 nitrogen and oxygen atoms in total.